The number of methoxy groups -OCH3 is 1. The van der Waals surface area contributed by atoms with E-state index in [1.165, 1.54) is 11.3 Å². The van der Waals surface area contributed by atoms with Gasteiger partial charge in [0.1, 0.15) is 16.4 Å². The van der Waals surface area contributed by atoms with Gasteiger partial charge in [0.2, 0.25) is 0 Å². The van der Waals surface area contributed by atoms with Gasteiger partial charge >= 0.3 is 5.97 Å². The number of ether oxygens (including phenoxy) is 2. The van der Waals surface area contributed by atoms with Gasteiger partial charge in [-0.1, -0.05) is 12.1 Å². The number of esters is 1. The fourth-order valence-electron chi connectivity index (χ4n) is 3.44. The summed E-state index contributed by atoms with van der Waals surface area (Å²) in [5.41, 5.74) is 8.13. The minimum Gasteiger partial charge on any atom is -0.497 e. The molecule has 0 radical (unpaired) electrons. The average Bonchev–Trinajstić information content (AvgIpc) is 2.95. The summed E-state index contributed by atoms with van der Waals surface area (Å²) in [6.45, 7) is 6.88. The third kappa shape index (κ3) is 4.48. The Balaban J connectivity index is 1.83. The maximum atomic E-state index is 12.7. The van der Waals surface area contributed by atoms with Crippen LogP contribution in [0, 0.1) is 0 Å². The molecule has 1 atom stereocenters. The summed E-state index contributed by atoms with van der Waals surface area (Å²) >= 11 is 1.44. The van der Waals surface area contributed by atoms with Gasteiger partial charge < -0.3 is 20.3 Å². The summed E-state index contributed by atoms with van der Waals surface area (Å²) in [7, 11) is 1.65. The maximum Gasteiger partial charge on any atom is 0.341 e. The molecule has 1 aliphatic heterocycles. The van der Waals surface area contributed by atoms with E-state index in [2.05, 4.69) is 4.90 Å². The van der Waals surface area contributed by atoms with Crippen molar-refractivity contribution in [1.82, 2.24) is 4.90 Å². The number of benzene rings is 1. The van der Waals surface area contributed by atoms with Crippen LogP contribution in [0.4, 0.5) is 5.00 Å². The zero-order valence-electron chi connectivity index (χ0n) is 16.8. The standard InChI is InChI=1S/C21H28N2O4S/c1-21(2,3)27-20(25)18-16-9-14(12-24)23(11-17(16)28-19(18)22)10-13-5-7-15(26-4)8-6-13/h5-8,14,24H,9-12,22H2,1-4H3. The lowest BCUT2D eigenvalue weighted by molar-refractivity contribution is 0.00680. The Morgan fingerprint density at radius 1 is 1.32 bits per heavy atom. The molecule has 2 heterocycles. The topological polar surface area (TPSA) is 85.0 Å². The van der Waals surface area contributed by atoms with Crippen molar-refractivity contribution in [3.05, 3.63) is 45.8 Å². The number of fused-ring (bicyclic) bond motifs is 1. The molecule has 0 fully saturated rings. The number of rotatable bonds is 5. The number of hydrogen-bond donors (Lipinski definition) is 2. The van der Waals surface area contributed by atoms with Crippen LogP contribution < -0.4 is 10.5 Å². The molecule has 1 unspecified atom stereocenters. The van der Waals surface area contributed by atoms with Crippen LogP contribution in [0.2, 0.25) is 0 Å². The predicted octanol–water partition coefficient (Wildman–Crippen LogP) is 3.21. The Bertz CT molecular complexity index is 839. The summed E-state index contributed by atoms with van der Waals surface area (Å²) in [6, 6.07) is 7.84. The number of nitrogen functional groups attached to an aromatic ring is 1. The number of aliphatic hydroxyl groups is 1. The quantitative estimate of drug-likeness (QED) is 0.745. The number of aliphatic hydroxyl groups excluding tert-OH is 1. The minimum atomic E-state index is -0.580. The van der Waals surface area contributed by atoms with Crippen LogP contribution in [-0.2, 0) is 24.2 Å². The molecule has 0 bridgehead atoms. The highest BCUT2D eigenvalue weighted by Crippen LogP contribution is 2.38. The molecule has 0 amide bonds. The highest BCUT2D eigenvalue weighted by Gasteiger charge is 2.34. The number of anilines is 1. The molecule has 3 N–H and O–H groups in total. The van der Waals surface area contributed by atoms with Gasteiger partial charge in [-0.3, -0.25) is 4.90 Å². The molecule has 3 rings (SSSR count). The Morgan fingerprint density at radius 3 is 2.57 bits per heavy atom. The van der Waals surface area contributed by atoms with Gasteiger partial charge in [0, 0.05) is 24.0 Å². The van der Waals surface area contributed by atoms with Crippen LogP contribution in [-0.4, -0.2) is 41.3 Å². The van der Waals surface area contributed by atoms with E-state index in [1.807, 2.05) is 45.0 Å². The molecule has 152 valence electrons. The number of carbonyl (C=O) groups excluding carboxylic acids is 1. The largest absolute Gasteiger partial charge is 0.497 e. The van der Waals surface area contributed by atoms with Gasteiger partial charge in [-0.05, 0) is 50.5 Å². The Kier molecular flexibility index (Phi) is 5.98. The van der Waals surface area contributed by atoms with Gasteiger partial charge in [-0.15, -0.1) is 11.3 Å². The molecular weight excluding hydrogens is 376 g/mol. The van der Waals surface area contributed by atoms with E-state index in [0.29, 0.717) is 30.1 Å². The Hall–Kier alpha value is -2.09. The molecule has 1 aliphatic rings. The van der Waals surface area contributed by atoms with Crippen LogP contribution in [0.25, 0.3) is 0 Å². The van der Waals surface area contributed by atoms with Crippen LogP contribution in [0.15, 0.2) is 24.3 Å². The second kappa shape index (κ2) is 8.11. The predicted molar refractivity (Wildman–Crippen MR) is 111 cm³/mol. The van der Waals surface area contributed by atoms with Gasteiger partial charge in [0.15, 0.2) is 0 Å². The second-order valence-corrected chi connectivity index (χ2v) is 9.18. The first-order valence-corrected chi connectivity index (χ1v) is 10.1. The van der Waals surface area contributed by atoms with Gasteiger partial charge in [-0.25, -0.2) is 4.79 Å². The lowest BCUT2D eigenvalue weighted by atomic mass is 9.96. The van der Waals surface area contributed by atoms with E-state index in [-0.39, 0.29) is 18.6 Å². The summed E-state index contributed by atoms with van der Waals surface area (Å²) in [5.74, 6) is 0.430. The van der Waals surface area contributed by atoms with E-state index in [9.17, 15) is 9.90 Å². The smallest absolute Gasteiger partial charge is 0.341 e. The lowest BCUT2D eigenvalue weighted by Gasteiger charge is -2.35. The van der Waals surface area contributed by atoms with Crippen LogP contribution in [0.3, 0.4) is 0 Å². The van der Waals surface area contributed by atoms with Gasteiger partial charge in [0.05, 0.1) is 19.3 Å². The van der Waals surface area contributed by atoms with Crippen molar-refractivity contribution in [2.75, 3.05) is 19.5 Å². The number of hydrogen-bond acceptors (Lipinski definition) is 7. The molecule has 0 spiro atoms. The molecule has 1 aromatic carbocycles. The highest BCUT2D eigenvalue weighted by atomic mass is 32.1. The second-order valence-electron chi connectivity index (χ2n) is 8.04. The number of thiophene rings is 1. The number of nitrogens with two attached hydrogens (primary N) is 1. The molecule has 6 nitrogen and oxygen atoms in total. The fraction of sp³-hybridized carbons (Fsp3) is 0.476. The number of nitrogens with zero attached hydrogens (tertiary/aromatic N) is 1. The van der Waals surface area contributed by atoms with Crippen molar-refractivity contribution in [2.45, 2.75) is 51.9 Å². The van der Waals surface area contributed by atoms with Crippen LogP contribution >= 0.6 is 11.3 Å². The van der Waals surface area contributed by atoms with Crippen molar-refractivity contribution < 1.29 is 19.4 Å². The average molecular weight is 405 g/mol. The molecule has 7 heteroatoms. The third-order valence-electron chi connectivity index (χ3n) is 4.78. The van der Waals surface area contributed by atoms with Crippen molar-refractivity contribution in [1.29, 1.82) is 0 Å². The highest BCUT2D eigenvalue weighted by molar-refractivity contribution is 7.16. The molecule has 0 saturated carbocycles. The minimum absolute atomic E-state index is 0.0130. The lowest BCUT2D eigenvalue weighted by Crippen LogP contribution is -2.42. The molecule has 28 heavy (non-hydrogen) atoms. The van der Waals surface area contributed by atoms with Crippen molar-refractivity contribution in [2.24, 2.45) is 0 Å². The van der Waals surface area contributed by atoms with E-state index in [0.717, 1.165) is 21.8 Å². The SMILES string of the molecule is COc1ccc(CN2Cc3sc(N)c(C(=O)OC(C)(C)C)c3CC2CO)cc1. The Morgan fingerprint density at radius 2 is 2.00 bits per heavy atom. The van der Waals surface area contributed by atoms with E-state index >= 15 is 0 Å². The van der Waals surface area contributed by atoms with Crippen LogP contribution in [0.1, 0.15) is 47.1 Å². The third-order valence-corrected chi connectivity index (χ3v) is 5.83. The molecular formula is C21H28N2O4S. The molecule has 0 saturated heterocycles. The van der Waals surface area contributed by atoms with Crippen molar-refractivity contribution >= 4 is 22.3 Å². The van der Waals surface area contributed by atoms with Crippen molar-refractivity contribution in [3.63, 3.8) is 0 Å². The van der Waals surface area contributed by atoms with Crippen LogP contribution in [0.5, 0.6) is 5.75 Å². The maximum absolute atomic E-state index is 12.7. The Labute approximate surface area is 169 Å². The number of carbonyl (C=O) groups is 1. The molecule has 0 aliphatic carbocycles. The first-order valence-electron chi connectivity index (χ1n) is 9.33. The van der Waals surface area contributed by atoms with E-state index < -0.39 is 5.60 Å². The first kappa shape index (κ1) is 20.6. The monoisotopic (exact) mass is 404 g/mol. The van der Waals surface area contributed by atoms with Gasteiger partial charge in [-0.2, -0.15) is 0 Å². The van der Waals surface area contributed by atoms with E-state index in [4.69, 9.17) is 15.2 Å². The zero-order valence-corrected chi connectivity index (χ0v) is 17.6. The summed E-state index contributed by atoms with van der Waals surface area (Å²) in [5, 5.41) is 10.5. The molecule has 1 aromatic heterocycles. The zero-order chi connectivity index (χ0) is 20.5. The summed E-state index contributed by atoms with van der Waals surface area (Å²) < 4.78 is 10.8. The fourth-order valence-corrected chi connectivity index (χ4v) is 4.55. The van der Waals surface area contributed by atoms with Crippen molar-refractivity contribution in [3.8, 4) is 5.75 Å². The van der Waals surface area contributed by atoms with E-state index in [1.54, 1.807) is 7.11 Å². The first-order chi connectivity index (χ1) is 13.2. The molecule has 2 aromatic rings. The normalized spacial score (nSPS) is 17.2. The summed E-state index contributed by atoms with van der Waals surface area (Å²) in [6.07, 6.45) is 0.574. The van der Waals surface area contributed by atoms with Gasteiger partial charge in [0.25, 0.3) is 0 Å². The summed E-state index contributed by atoms with van der Waals surface area (Å²) in [4.78, 5) is 15.9.